The molecule has 0 aliphatic heterocycles. The Balaban J connectivity index is 3.82. The molecule has 0 fully saturated rings. The summed E-state index contributed by atoms with van der Waals surface area (Å²) in [6.07, 6.45) is 1.26. The lowest BCUT2D eigenvalue weighted by Crippen LogP contribution is -2.15. The highest BCUT2D eigenvalue weighted by atomic mass is 19.2. The summed E-state index contributed by atoms with van der Waals surface area (Å²) in [5.41, 5.74) is -4.48. The molecule has 1 aromatic carbocycles. The van der Waals surface area contributed by atoms with Gasteiger partial charge in [-0.2, -0.15) is 4.39 Å². The maximum atomic E-state index is 14.4. The third kappa shape index (κ3) is 4.19. The van der Waals surface area contributed by atoms with Crippen LogP contribution in [-0.2, 0) is 9.53 Å². The van der Waals surface area contributed by atoms with Crippen LogP contribution in [0.3, 0.4) is 0 Å². The van der Waals surface area contributed by atoms with Crippen LogP contribution in [0.15, 0.2) is 10.6 Å². The summed E-state index contributed by atoms with van der Waals surface area (Å²) in [6, 6.07) is 0. The van der Waals surface area contributed by atoms with E-state index in [2.05, 4.69) is 4.99 Å². The number of esters is 1. The molecule has 1 N–H and O–H groups in total. The Morgan fingerprint density at radius 3 is 2.38 bits per heavy atom. The van der Waals surface area contributed by atoms with E-state index < -0.39 is 56.5 Å². The molecule has 10 heteroatoms. The Kier molecular flexibility index (Phi) is 7.29. The quantitative estimate of drug-likeness (QED) is 0.149. The molecule has 0 bridgehead atoms. The number of rotatable bonds is 7. The number of nitro benzene ring substituents is 1. The first-order valence-corrected chi connectivity index (χ1v) is 7.60. The molecule has 0 amide bonds. The van der Waals surface area contributed by atoms with E-state index >= 15 is 0 Å². The Morgan fingerprint density at radius 1 is 1.27 bits per heavy atom. The van der Waals surface area contributed by atoms with Crippen molar-refractivity contribution >= 4 is 23.6 Å². The average Bonchev–Trinajstić information content (AvgIpc) is 2.60. The number of carbonyl (C=O) groups excluding carboxylic acids is 1. The van der Waals surface area contributed by atoms with E-state index in [9.17, 15) is 33.2 Å². The van der Waals surface area contributed by atoms with Crippen molar-refractivity contribution in [3.05, 3.63) is 44.3 Å². The number of ether oxygens (including phenoxy) is 1. The van der Waals surface area contributed by atoms with Crippen molar-refractivity contribution in [2.75, 3.05) is 13.2 Å². The number of hydrogen-bond acceptors (Lipinski definition) is 6. The molecular weight excluding hydrogens is 357 g/mol. The second-order valence-electron chi connectivity index (χ2n) is 5.07. The fourth-order valence-corrected chi connectivity index (χ4v) is 1.95. The Bertz CT molecular complexity index is 791. The maximum absolute atomic E-state index is 14.4. The summed E-state index contributed by atoms with van der Waals surface area (Å²) in [5.74, 6) is -7.70. The average molecular weight is 374 g/mol. The van der Waals surface area contributed by atoms with Crippen LogP contribution in [0.4, 0.5) is 18.9 Å². The zero-order valence-electron chi connectivity index (χ0n) is 14.3. The van der Waals surface area contributed by atoms with Gasteiger partial charge in [-0.1, -0.05) is 6.92 Å². The molecule has 0 saturated carbocycles. The molecule has 1 rings (SSSR count). The molecule has 0 saturated heterocycles. The van der Waals surface area contributed by atoms with E-state index in [1.807, 2.05) is 0 Å². The lowest BCUT2D eigenvalue weighted by atomic mass is 10.0. The molecule has 0 aliphatic rings. The third-order valence-electron chi connectivity index (χ3n) is 3.25. The largest absolute Gasteiger partial charge is 0.506 e. The number of nitrogens with zero attached hydrogens (tertiary/aromatic N) is 2. The molecule has 142 valence electrons. The summed E-state index contributed by atoms with van der Waals surface area (Å²) >= 11 is 0. The van der Waals surface area contributed by atoms with Gasteiger partial charge < -0.3 is 9.84 Å². The van der Waals surface area contributed by atoms with Crippen LogP contribution in [0.2, 0.25) is 0 Å². The lowest BCUT2D eigenvalue weighted by molar-refractivity contribution is -0.388. The molecule has 0 spiro atoms. The summed E-state index contributed by atoms with van der Waals surface area (Å²) in [5, 5.41) is 21.4. The molecule has 0 unspecified atom stereocenters. The van der Waals surface area contributed by atoms with Gasteiger partial charge in [0.1, 0.15) is 22.7 Å². The zero-order chi connectivity index (χ0) is 20.0. The predicted octanol–water partition coefficient (Wildman–Crippen LogP) is 3.63. The molecule has 0 heterocycles. The number of aliphatic hydroxyl groups is 1. The van der Waals surface area contributed by atoms with Gasteiger partial charge in [-0.3, -0.25) is 15.1 Å². The number of halogens is 3. The Labute approximate surface area is 147 Å². The molecular formula is C16H17F3N2O5. The van der Waals surface area contributed by atoms with Gasteiger partial charge in [0, 0.05) is 18.3 Å². The second kappa shape index (κ2) is 8.97. The van der Waals surface area contributed by atoms with Crippen LogP contribution in [0.5, 0.6) is 0 Å². The van der Waals surface area contributed by atoms with Gasteiger partial charge in [0.15, 0.2) is 5.82 Å². The highest BCUT2D eigenvalue weighted by molar-refractivity contribution is 6.15. The molecule has 7 nitrogen and oxygen atoms in total. The van der Waals surface area contributed by atoms with Gasteiger partial charge in [0.2, 0.25) is 5.82 Å². The summed E-state index contributed by atoms with van der Waals surface area (Å²) < 4.78 is 46.8. The fraction of sp³-hybridized carbons (Fsp3) is 0.375. The first-order chi connectivity index (χ1) is 12.2. The van der Waals surface area contributed by atoms with Crippen LogP contribution in [0, 0.1) is 34.5 Å². The number of hydrogen-bond donors (Lipinski definition) is 1. The first-order valence-electron chi connectivity index (χ1n) is 7.60. The van der Waals surface area contributed by atoms with Gasteiger partial charge in [-0.15, -0.1) is 0 Å². The van der Waals surface area contributed by atoms with Crippen molar-refractivity contribution in [2.24, 2.45) is 4.99 Å². The van der Waals surface area contributed by atoms with Gasteiger partial charge in [0.25, 0.3) is 0 Å². The molecule has 0 aliphatic carbocycles. The van der Waals surface area contributed by atoms with Crippen LogP contribution in [0.25, 0.3) is 5.76 Å². The highest BCUT2D eigenvalue weighted by Gasteiger charge is 2.35. The fourth-order valence-electron chi connectivity index (χ4n) is 1.95. The third-order valence-corrected chi connectivity index (χ3v) is 3.25. The van der Waals surface area contributed by atoms with Crippen LogP contribution in [0.1, 0.15) is 31.4 Å². The number of carbonyl (C=O) groups is 1. The minimum atomic E-state index is -1.95. The van der Waals surface area contributed by atoms with Crippen molar-refractivity contribution in [1.29, 1.82) is 0 Å². The van der Waals surface area contributed by atoms with Gasteiger partial charge in [-0.05, 0) is 20.3 Å². The minimum absolute atomic E-state index is 0.0447. The van der Waals surface area contributed by atoms with Crippen LogP contribution >= 0.6 is 0 Å². The van der Waals surface area contributed by atoms with E-state index in [1.165, 1.54) is 0 Å². The van der Waals surface area contributed by atoms with Crippen LogP contribution in [-0.4, -0.2) is 35.4 Å². The van der Waals surface area contributed by atoms with E-state index in [4.69, 9.17) is 4.74 Å². The van der Waals surface area contributed by atoms with Crippen molar-refractivity contribution in [1.82, 2.24) is 0 Å². The standard InChI is InChI=1S/C16H17F3N2O5/c1-4-6-26-16(23)9(7-20-5-2)15(22)10-11(17)8(3)12(18)13(19)14(10)21(24)25/h7,22H,4-6H2,1-3H3/b15-9+,20-7?. The molecule has 1 aromatic rings. The Morgan fingerprint density at radius 2 is 1.88 bits per heavy atom. The molecule has 0 aromatic heterocycles. The number of benzene rings is 1. The van der Waals surface area contributed by atoms with Gasteiger partial charge in [-0.25, -0.2) is 13.6 Å². The first kappa shape index (κ1) is 21.1. The number of nitro groups is 1. The van der Waals surface area contributed by atoms with Crippen molar-refractivity contribution in [3.63, 3.8) is 0 Å². The number of aliphatic hydroxyl groups excluding tert-OH is 1. The van der Waals surface area contributed by atoms with Gasteiger partial charge in [0.05, 0.1) is 11.5 Å². The second-order valence-corrected chi connectivity index (χ2v) is 5.07. The Hall–Kier alpha value is -2.91. The highest BCUT2D eigenvalue weighted by Crippen LogP contribution is 2.35. The number of aliphatic imine (C=N–C) groups is 1. The maximum Gasteiger partial charge on any atom is 0.343 e. The molecule has 0 radical (unpaired) electrons. The molecule has 0 atom stereocenters. The smallest absolute Gasteiger partial charge is 0.343 e. The minimum Gasteiger partial charge on any atom is -0.506 e. The predicted molar refractivity (Wildman–Crippen MR) is 87.5 cm³/mol. The van der Waals surface area contributed by atoms with E-state index in [1.54, 1.807) is 13.8 Å². The summed E-state index contributed by atoms with van der Waals surface area (Å²) in [7, 11) is 0. The van der Waals surface area contributed by atoms with Crippen molar-refractivity contribution < 1.29 is 32.7 Å². The topological polar surface area (TPSA) is 102 Å². The van der Waals surface area contributed by atoms with Crippen molar-refractivity contribution in [3.8, 4) is 0 Å². The lowest BCUT2D eigenvalue weighted by Gasteiger charge is -2.11. The van der Waals surface area contributed by atoms with Crippen molar-refractivity contribution in [2.45, 2.75) is 27.2 Å². The van der Waals surface area contributed by atoms with Gasteiger partial charge >= 0.3 is 11.7 Å². The zero-order valence-corrected chi connectivity index (χ0v) is 14.3. The SMILES string of the molecule is CCCOC(=O)/C(C=NCC)=C(/O)c1c(F)c(C)c(F)c(F)c1[N+](=O)[O-]. The summed E-state index contributed by atoms with van der Waals surface area (Å²) in [6.45, 7) is 4.24. The van der Waals surface area contributed by atoms with Crippen LogP contribution < -0.4 is 0 Å². The summed E-state index contributed by atoms with van der Waals surface area (Å²) in [4.78, 5) is 25.5. The normalized spacial score (nSPS) is 12.2. The van der Waals surface area contributed by atoms with E-state index in [0.717, 1.165) is 13.1 Å². The monoisotopic (exact) mass is 374 g/mol. The molecule has 26 heavy (non-hydrogen) atoms. The van der Waals surface area contributed by atoms with E-state index in [-0.39, 0.29) is 13.2 Å². The van der Waals surface area contributed by atoms with E-state index in [0.29, 0.717) is 6.42 Å².